The average molecular weight is 347 g/mol. The van der Waals surface area contributed by atoms with Gasteiger partial charge in [-0.2, -0.15) is 0 Å². The number of carbonyl (C=O) groups excluding carboxylic acids is 1. The van der Waals surface area contributed by atoms with Crippen molar-refractivity contribution in [2.75, 3.05) is 11.3 Å². The summed E-state index contributed by atoms with van der Waals surface area (Å²) in [6.07, 6.45) is 0. The van der Waals surface area contributed by atoms with Crippen LogP contribution in [-0.4, -0.2) is 21.0 Å². The van der Waals surface area contributed by atoms with Gasteiger partial charge in [0.15, 0.2) is 0 Å². The summed E-state index contributed by atoms with van der Waals surface area (Å²) in [4.78, 5) is 11.7. The van der Waals surface area contributed by atoms with Crippen LogP contribution in [0.1, 0.15) is 42.6 Å². The Morgan fingerprint density at radius 1 is 1.04 bits per heavy atom. The first-order valence-electron chi connectivity index (χ1n) is 7.73. The molecule has 5 nitrogen and oxygen atoms in total. The van der Waals surface area contributed by atoms with Crippen molar-refractivity contribution in [2.45, 2.75) is 31.6 Å². The Morgan fingerprint density at radius 3 is 2.12 bits per heavy atom. The molecule has 0 bridgehead atoms. The van der Waals surface area contributed by atoms with E-state index in [0.29, 0.717) is 17.2 Å². The zero-order valence-electron chi connectivity index (χ0n) is 13.9. The van der Waals surface area contributed by atoms with Gasteiger partial charge in [0.1, 0.15) is 0 Å². The van der Waals surface area contributed by atoms with Gasteiger partial charge >= 0.3 is 5.97 Å². The fourth-order valence-corrected chi connectivity index (χ4v) is 3.19. The van der Waals surface area contributed by atoms with Crippen LogP contribution in [0.4, 0.5) is 5.69 Å². The van der Waals surface area contributed by atoms with E-state index in [9.17, 15) is 13.2 Å². The van der Waals surface area contributed by atoms with E-state index in [2.05, 4.69) is 18.6 Å². The van der Waals surface area contributed by atoms with Crippen LogP contribution in [-0.2, 0) is 14.8 Å². The molecule has 0 aliphatic rings. The van der Waals surface area contributed by atoms with Crippen LogP contribution in [0.5, 0.6) is 0 Å². The van der Waals surface area contributed by atoms with E-state index in [1.54, 1.807) is 19.1 Å². The number of hydrogen-bond donors (Lipinski definition) is 1. The van der Waals surface area contributed by atoms with Gasteiger partial charge in [-0.15, -0.1) is 0 Å². The predicted molar refractivity (Wildman–Crippen MR) is 93.7 cm³/mol. The SMILES string of the molecule is CCOC(=O)c1ccc(S(=O)(=O)Nc2ccc(C(C)C)cc2)cc1. The largest absolute Gasteiger partial charge is 0.462 e. The molecule has 0 saturated heterocycles. The van der Waals surface area contributed by atoms with Gasteiger partial charge in [0.2, 0.25) is 0 Å². The molecule has 2 rings (SSSR count). The fourth-order valence-electron chi connectivity index (χ4n) is 2.13. The van der Waals surface area contributed by atoms with E-state index in [1.165, 1.54) is 24.3 Å². The zero-order chi connectivity index (χ0) is 17.7. The van der Waals surface area contributed by atoms with Crippen molar-refractivity contribution >= 4 is 21.7 Å². The second-order valence-electron chi connectivity index (χ2n) is 5.63. The first kappa shape index (κ1) is 18.0. The Kier molecular flexibility index (Phi) is 5.62. The fraction of sp³-hybridized carbons (Fsp3) is 0.278. The number of esters is 1. The topological polar surface area (TPSA) is 72.5 Å². The number of ether oxygens (including phenoxy) is 1. The molecule has 0 aromatic heterocycles. The van der Waals surface area contributed by atoms with Crippen molar-refractivity contribution in [1.82, 2.24) is 0 Å². The monoisotopic (exact) mass is 347 g/mol. The van der Waals surface area contributed by atoms with Gasteiger partial charge in [-0.25, -0.2) is 13.2 Å². The van der Waals surface area contributed by atoms with Crippen molar-refractivity contribution in [2.24, 2.45) is 0 Å². The number of anilines is 1. The maximum Gasteiger partial charge on any atom is 0.338 e. The molecule has 2 aromatic carbocycles. The summed E-state index contributed by atoms with van der Waals surface area (Å²) in [5.41, 5.74) is 1.95. The number of rotatable bonds is 6. The Hall–Kier alpha value is -2.34. The van der Waals surface area contributed by atoms with Gasteiger partial charge in [-0.1, -0.05) is 26.0 Å². The summed E-state index contributed by atoms with van der Waals surface area (Å²) in [5, 5.41) is 0. The summed E-state index contributed by atoms with van der Waals surface area (Å²) in [7, 11) is -3.70. The molecule has 0 amide bonds. The predicted octanol–water partition coefficient (Wildman–Crippen LogP) is 3.79. The normalized spacial score (nSPS) is 11.3. The molecule has 128 valence electrons. The Bertz CT molecular complexity index is 794. The first-order chi connectivity index (χ1) is 11.3. The Labute approximate surface area is 142 Å². The highest BCUT2D eigenvalue weighted by Crippen LogP contribution is 2.20. The third-order valence-electron chi connectivity index (χ3n) is 3.51. The van der Waals surface area contributed by atoms with Crippen LogP contribution in [0.2, 0.25) is 0 Å². The van der Waals surface area contributed by atoms with Crippen molar-refractivity contribution in [3.63, 3.8) is 0 Å². The van der Waals surface area contributed by atoms with Gasteiger partial charge in [0, 0.05) is 5.69 Å². The minimum Gasteiger partial charge on any atom is -0.462 e. The highest BCUT2D eigenvalue weighted by Gasteiger charge is 2.15. The molecule has 0 saturated carbocycles. The molecular weight excluding hydrogens is 326 g/mol. The summed E-state index contributed by atoms with van der Waals surface area (Å²) in [6, 6.07) is 12.9. The number of hydrogen-bond acceptors (Lipinski definition) is 4. The molecule has 0 spiro atoms. The zero-order valence-corrected chi connectivity index (χ0v) is 14.8. The molecule has 0 fully saturated rings. The molecule has 0 atom stereocenters. The van der Waals surface area contributed by atoms with Gasteiger partial charge in [-0.05, 0) is 54.8 Å². The Balaban J connectivity index is 2.16. The van der Waals surface area contributed by atoms with Gasteiger partial charge in [0.25, 0.3) is 10.0 Å². The van der Waals surface area contributed by atoms with Crippen molar-refractivity contribution in [3.05, 3.63) is 59.7 Å². The number of sulfonamides is 1. The third-order valence-corrected chi connectivity index (χ3v) is 4.90. The molecule has 0 aliphatic heterocycles. The second-order valence-corrected chi connectivity index (χ2v) is 7.31. The van der Waals surface area contributed by atoms with Gasteiger partial charge in [-0.3, -0.25) is 4.72 Å². The van der Waals surface area contributed by atoms with Crippen molar-refractivity contribution in [3.8, 4) is 0 Å². The van der Waals surface area contributed by atoms with Crippen LogP contribution < -0.4 is 4.72 Å². The lowest BCUT2D eigenvalue weighted by Gasteiger charge is -2.10. The quantitative estimate of drug-likeness (QED) is 0.807. The van der Waals surface area contributed by atoms with Crippen LogP contribution >= 0.6 is 0 Å². The summed E-state index contributed by atoms with van der Waals surface area (Å²) in [6.45, 7) is 6.13. The van der Waals surface area contributed by atoms with Crippen LogP contribution in [0.25, 0.3) is 0 Å². The molecule has 1 N–H and O–H groups in total. The first-order valence-corrected chi connectivity index (χ1v) is 9.21. The molecule has 6 heteroatoms. The summed E-state index contributed by atoms with van der Waals surface area (Å²) >= 11 is 0. The van der Waals surface area contributed by atoms with E-state index < -0.39 is 16.0 Å². The molecule has 0 radical (unpaired) electrons. The lowest BCUT2D eigenvalue weighted by atomic mass is 10.0. The van der Waals surface area contributed by atoms with E-state index in [0.717, 1.165) is 5.56 Å². The van der Waals surface area contributed by atoms with Crippen molar-refractivity contribution in [1.29, 1.82) is 0 Å². The molecule has 2 aromatic rings. The number of carbonyl (C=O) groups is 1. The van der Waals surface area contributed by atoms with E-state index >= 15 is 0 Å². The maximum absolute atomic E-state index is 12.4. The van der Waals surface area contributed by atoms with Gasteiger partial charge in [0.05, 0.1) is 17.1 Å². The molecular formula is C18H21NO4S. The minimum absolute atomic E-state index is 0.0866. The molecule has 0 unspecified atom stereocenters. The van der Waals surface area contributed by atoms with Crippen LogP contribution in [0.15, 0.2) is 53.4 Å². The molecule has 0 aliphatic carbocycles. The highest BCUT2D eigenvalue weighted by atomic mass is 32.2. The van der Waals surface area contributed by atoms with Crippen LogP contribution in [0.3, 0.4) is 0 Å². The Morgan fingerprint density at radius 2 is 1.62 bits per heavy atom. The van der Waals surface area contributed by atoms with E-state index in [-0.39, 0.29) is 11.5 Å². The highest BCUT2D eigenvalue weighted by molar-refractivity contribution is 7.92. The smallest absolute Gasteiger partial charge is 0.338 e. The summed E-state index contributed by atoms with van der Waals surface area (Å²) in [5.74, 6) is -0.0928. The summed E-state index contributed by atoms with van der Waals surface area (Å²) < 4.78 is 32.2. The third kappa shape index (κ3) is 4.35. The molecule has 24 heavy (non-hydrogen) atoms. The number of nitrogens with one attached hydrogen (secondary N) is 1. The van der Waals surface area contributed by atoms with Crippen LogP contribution in [0, 0.1) is 0 Å². The molecule has 0 heterocycles. The van der Waals surface area contributed by atoms with E-state index in [1.807, 2.05) is 12.1 Å². The minimum atomic E-state index is -3.70. The number of benzene rings is 2. The average Bonchev–Trinajstić information content (AvgIpc) is 2.55. The van der Waals surface area contributed by atoms with Crippen molar-refractivity contribution < 1.29 is 17.9 Å². The van der Waals surface area contributed by atoms with E-state index in [4.69, 9.17) is 4.74 Å². The van der Waals surface area contributed by atoms with Gasteiger partial charge < -0.3 is 4.74 Å². The lowest BCUT2D eigenvalue weighted by Crippen LogP contribution is -2.13. The standard InChI is InChI=1S/C18H21NO4S/c1-4-23-18(20)15-7-11-17(12-8-15)24(21,22)19-16-9-5-14(6-10-16)13(2)3/h5-13,19H,4H2,1-3H3. The second kappa shape index (κ2) is 7.49. The maximum atomic E-state index is 12.4. The lowest BCUT2D eigenvalue weighted by molar-refractivity contribution is 0.0526.